The number of furan rings is 1. The summed E-state index contributed by atoms with van der Waals surface area (Å²) in [5.74, 6) is 1.63. The molecule has 0 aliphatic heterocycles. The van der Waals surface area contributed by atoms with Crippen molar-refractivity contribution in [3.05, 3.63) is 59.9 Å². The highest BCUT2D eigenvalue weighted by Gasteiger charge is 2.12. The molecular weight excluding hydrogens is 282 g/mol. The molecule has 0 unspecified atom stereocenters. The summed E-state index contributed by atoms with van der Waals surface area (Å²) >= 11 is 1.71. The molecule has 0 saturated heterocycles. The molecule has 0 fully saturated rings. The Morgan fingerprint density at radius 2 is 1.86 bits per heavy atom. The average molecular weight is 299 g/mol. The Kier molecular flexibility index (Phi) is 4.18. The highest BCUT2D eigenvalue weighted by molar-refractivity contribution is 7.98. The van der Waals surface area contributed by atoms with Gasteiger partial charge < -0.3 is 14.9 Å². The Morgan fingerprint density at radius 3 is 2.57 bits per heavy atom. The summed E-state index contributed by atoms with van der Waals surface area (Å²) in [5.41, 5.74) is 7.73. The average Bonchev–Trinajstić information content (AvgIpc) is 2.91. The molecule has 108 valence electrons. The van der Waals surface area contributed by atoms with Crippen LogP contribution in [-0.2, 0) is 13.2 Å². The summed E-state index contributed by atoms with van der Waals surface area (Å²) in [6, 6.07) is 15.9. The van der Waals surface area contributed by atoms with Crippen molar-refractivity contribution in [3.8, 4) is 5.75 Å². The van der Waals surface area contributed by atoms with Crippen molar-refractivity contribution in [2.24, 2.45) is 5.73 Å². The molecule has 0 aliphatic rings. The topological polar surface area (TPSA) is 48.4 Å². The van der Waals surface area contributed by atoms with E-state index in [2.05, 4.69) is 6.26 Å². The molecule has 4 heteroatoms. The first-order chi connectivity index (χ1) is 10.3. The summed E-state index contributed by atoms with van der Waals surface area (Å²) in [4.78, 5) is 1.22. The second kappa shape index (κ2) is 6.24. The van der Waals surface area contributed by atoms with Crippen LogP contribution in [0.25, 0.3) is 11.0 Å². The fourth-order valence-electron chi connectivity index (χ4n) is 2.31. The van der Waals surface area contributed by atoms with E-state index in [9.17, 15) is 0 Å². The smallest absolute Gasteiger partial charge is 0.147 e. The monoisotopic (exact) mass is 299 g/mol. The number of nitrogens with two attached hydrogens (primary N) is 1. The summed E-state index contributed by atoms with van der Waals surface area (Å²) < 4.78 is 11.7. The first-order valence-corrected chi connectivity index (χ1v) is 8.00. The molecule has 21 heavy (non-hydrogen) atoms. The van der Waals surface area contributed by atoms with Crippen molar-refractivity contribution in [1.82, 2.24) is 0 Å². The van der Waals surface area contributed by atoms with Gasteiger partial charge in [0.1, 0.15) is 23.7 Å². The van der Waals surface area contributed by atoms with Crippen LogP contribution < -0.4 is 10.5 Å². The Labute approximate surface area is 128 Å². The van der Waals surface area contributed by atoms with Crippen molar-refractivity contribution < 1.29 is 9.15 Å². The summed E-state index contributed by atoms with van der Waals surface area (Å²) in [5, 5.41) is 1.07. The van der Waals surface area contributed by atoms with Crippen molar-refractivity contribution >= 4 is 22.7 Å². The molecule has 1 aromatic heterocycles. The number of hydrogen-bond acceptors (Lipinski definition) is 4. The predicted octanol–water partition coefficient (Wildman–Crippen LogP) is 4.19. The fourth-order valence-corrected chi connectivity index (χ4v) is 2.72. The Hall–Kier alpha value is -1.91. The molecule has 0 saturated carbocycles. The van der Waals surface area contributed by atoms with E-state index in [0.717, 1.165) is 28.0 Å². The van der Waals surface area contributed by atoms with Crippen LogP contribution >= 0.6 is 11.8 Å². The maximum absolute atomic E-state index is 5.85. The molecular formula is C17H17NO2S. The van der Waals surface area contributed by atoms with Crippen molar-refractivity contribution in [2.75, 3.05) is 6.26 Å². The van der Waals surface area contributed by atoms with Gasteiger partial charge in [-0.2, -0.15) is 0 Å². The van der Waals surface area contributed by atoms with Crippen LogP contribution in [0, 0.1) is 0 Å². The van der Waals surface area contributed by atoms with Crippen LogP contribution in [0.2, 0.25) is 0 Å². The second-order valence-electron chi connectivity index (χ2n) is 4.67. The summed E-state index contributed by atoms with van der Waals surface area (Å²) in [7, 11) is 0. The van der Waals surface area contributed by atoms with Crippen LogP contribution in [0.5, 0.6) is 5.75 Å². The number of ether oxygens (including phenoxy) is 1. The van der Waals surface area contributed by atoms with Crippen molar-refractivity contribution in [1.29, 1.82) is 0 Å². The van der Waals surface area contributed by atoms with E-state index >= 15 is 0 Å². The highest BCUT2D eigenvalue weighted by atomic mass is 32.2. The largest absolute Gasteiger partial charge is 0.486 e. The van der Waals surface area contributed by atoms with Crippen LogP contribution in [-0.4, -0.2) is 6.26 Å². The number of fused-ring (bicyclic) bond motifs is 1. The predicted molar refractivity (Wildman–Crippen MR) is 86.7 cm³/mol. The van der Waals surface area contributed by atoms with E-state index in [1.807, 2.05) is 48.5 Å². The number of hydrogen-bond donors (Lipinski definition) is 1. The fraction of sp³-hybridized carbons (Fsp3) is 0.176. The van der Waals surface area contributed by atoms with Crippen molar-refractivity contribution in [3.63, 3.8) is 0 Å². The van der Waals surface area contributed by atoms with Crippen LogP contribution in [0.4, 0.5) is 0 Å². The highest BCUT2D eigenvalue weighted by Crippen LogP contribution is 2.27. The molecule has 0 spiro atoms. The van der Waals surface area contributed by atoms with E-state index < -0.39 is 0 Å². The van der Waals surface area contributed by atoms with Crippen LogP contribution in [0.15, 0.2) is 57.8 Å². The lowest BCUT2D eigenvalue weighted by atomic mass is 10.1. The molecule has 0 atom stereocenters. The van der Waals surface area contributed by atoms with Gasteiger partial charge in [0.05, 0.1) is 0 Å². The van der Waals surface area contributed by atoms with E-state index in [1.165, 1.54) is 4.90 Å². The molecule has 0 amide bonds. The minimum atomic E-state index is 0.389. The lowest BCUT2D eigenvalue weighted by molar-refractivity contribution is 0.272. The second-order valence-corrected chi connectivity index (χ2v) is 5.55. The summed E-state index contributed by atoms with van der Waals surface area (Å²) in [6.07, 6.45) is 2.05. The van der Waals surface area contributed by atoms with Gasteiger partial charge in [-0.05, 0) is 36.6 Å². The molecule has 3 rings (SSSR count). The molecule has 2 N–H and O–H groups in total. The standard InChI is InChI=1S/C17H17NO2S/c1-21-13-8-6-12(7-9-13)19-11-17-15(10-18)14-4-2-3-5-16(14)20-17/h2-9H,10-11,18H2,1H3. The number of benzene rings is 2. The summed E-state index contributed by atoms with van der Waals surface area (Å²) in [6.45, 7) is 0.834. The van der Waals surface area contributed by atoms with E-state index in [-0.39, 0.29) is 0 Å². The zero-order valence-electron chi connectivity index (χ0n) is 11.8. The molecule has 2 aromatic carbocycles. The zero-order chi connectivity index (χ0) is 14.7. The number of rotatable bonds is 5. The number of thioether (sulfide) groups is 1. The van der Waals surface area contributed by atoms with Gasteiger partial charge in [0.2, 0.25) is 0 Å². The maximum atomic E-state index is 5.85. The normalized spacial score (nSPS) is 11.0. The van der Waals surface area contributed by atoms with Gasteiger partial charge in [-0.15, -0.1) is 11.8 Å². The molecule has 1 heterocycles. The third-order valence-electron chi connectivity index (χ3n) is 3.42. The Morgan fingerprint density at radius 1 is 1.10 bits per heavy atom. The van der Waals surface area contributed by atoms with Gasteiger partial charge >= 0.3 is 0 Å². The lowest BCUT2D eigenvalue weighted by Gasteiger charge is -2.06. The van der Waals surface area contributed by atoms with Gasteiger partial charge in [0.25, 0.3) is 0 Å². The van der Waals surface area contributed by atoms with E-state index in [0.29, 0.717) is 13.2 Å². The lowest BCUT2D eigenvalue weighted by Crippen LogP contribution is -2.02. The molecule has 3 aromatic rings. The zero-order valence-corrected chi connectivity index (χ0v) is 12.7. The van der Waals surface area contributed by atoms with Crippen molar-refractivity contribution in [2.45, 2.75) is 18.0 Å². The van der Waals surface area contributed by atoms with Gasteiger partial charge in [-0.3, -0.25) is 0 Å². The molecule has 3 nitrogen and oxygen atoms in total. The molecule has 0 aliphatic carbocycles. The van der Waals surface area contributed by atoms with Gasteiger partial charge in [-0.25, -0.2) is 0 Å². The SMILES string of the molecule is CSc1ccc(OCc2oc3ccccc3c2CN)cc1. The van der Waals surface area contributed by atoms with E-state index in [4.69, 9.17) is 14.9 Å². The first-order valence-electron chi connectivity index (χ1n) is 6.78. The maximum Gasteiger partial charge on any atom is 0.147 e. The minimum absolute atomic E-state index is 0.389. The third kappa shape index (κ3) is 2.91. The number of para-hydroxylation sites is 1. The van der Waals surface area contributed by atoms with Gasteiger partial charge in [0.15, 0.2) is 0 Å². The Balaban J connectivity index is 1.80. The third-order valence-corrected chi connectivity index (χ3v) is 4.16. The first kappa shape index (κ1) is 14.0. The Bertz CT molecular complexity index is 734. The molecule has 0 bridgehead atoms. The van der Waals surface area contributed by atoms with Gasteiger partial charge in [0, 0.05) is 22.4 Å². The quantitative estimate of drug-likeness (QED) is 0.718. The molecule has 0 radical (unpaired) electrons. The van der Waals surface area contributed by atoms with Crippen LogP contribution in [0.3, 0.4) is 0 Å². The van der Waals surface area contributed by atoms with Gasteiger partial charge in [-0.1, -0.05) is 18.2 Å². The van der Waals surface area contributed by atoms with Crippen LogP contribution in [0.1, 0.15) is 11.3 Å². The minimum Gasteiger partial charge on any atom is -0.486 e. The van der Waals surface area contributed by atoms with E-state index in [1.54, 1.807) is 11.8 Å².